The van der Waals surface area contributed by atoms with Crippen molar-refractivity contribution in [2.24, 2.45) is 0 Å². The highest BCUT2D eigenvalue weighted by Crippen LogP contribution is 2.30. The van der Waals surface area contributed by atoms with Gasteiger partial charge in [-0.3, -0.25) is 4.90 Å². The Morgan fingerprint density at radius 3 is 2.54 bits per heavy atom. The van der Waals surface area contributed by atoms with E-state index in [1.54, 1.807) is 0 Å². The molecule has 1 saturated heterocycles. The molecule has 69 valence electrons. The molecule has 1 aliphatic heterocycles. The predicted molar refractivity (Wildman–Crippen MR) is 54.5 cm³/mol. The smallest absolute Gasteiger partial charge is 0.0410 e. The highest BCUT2D eigenvalue weighted by atomic mass is 15.2. The van der Waals surface area contributed by atoms with Gasteiger partial charge in [0.15, 0.2) is 0 Å². The monoisotopic (exact) mass is 174 g/mol. The summed E-state index contributed by atoms with van der Waals surface area (Å²) in [7, 11) is 0. The van der Waals surface area contributed by atoms with Crippen LogP contribution < -0.4 is 0 Å². The zero-order chi connectivity index (χ0) is 9.31. The minimum Gasteiger partial charge on any atom is -0.294 e. The summed E-state index contributed by atoms with van der Waals surface area (Å²) < 4.78 is 0. The van der Waals surface area contributed by atoms with Gasteiger partial charge < -0.3 is 0 Å². The minimum atomic E-state index is 0.166. The van der Waals surface area contributed by atoms with Crippen molar-refractivity contribution in [3.63, 3.8) is 0 Å². The van der Waals surface area contributed by atoms with E-state index in [1.165, 1.54) is 25.1 Å². The van der Waals surface area contributed by atoms with E-state index in [4.69, 9.17) is 0 Å². The average Bonchev–Trinajstić information content (AvgIpc) is 2.02. The van der Waals surface area contributed by atoms with Crippen LogP contribution >= 0.6 is 0 Å². The molecule has 0 saturated carbocycles. The first-order chi connectivity index (χ1) is 6.21. The molecule has 0 amide bonds. The van der Waals surface area contributed by atoms with Crippen molar-refractivity contribution >= 4 is 0 Å². The Morgan fingerprint density at radius 2 is 2.08 bits per heavy atom. The summed E-state index contributed by atoms with van der Waals surface area (Å²) in [5.74, 6) is 0. The summed E-state index contributed by atoms with van der Waals surface area (Å²) in [6.45, 7) is 7.02. The molecule has 13 heavy (non-hydrogen) atoms. The van der Waals surface area contributed by atoms with Gasteiger partial charge in [0.25, 0.3) is 0 Å². The molecule has 1 heterocycles. The van der Waals surface area contributed by atoms with E-state index in [-0.39, 0.29) is 5.54 Å². The van der Waals surface area contributed by atoms with Gasteiger partial charge >= 0.3 is 0 Å². The van der Waals surface area contributed by atoms with E-state index in [0.29, 0.717) is 0 Å². The summed E-state index contributed by atoms with van der Waals surface area (Å²) >= 11 is 0. The Morgan fingerprint density at radius 1 is 1.31 bits per heavy atom. The van der Waals surface area contributed by atoms with Gasteiger partial charge in [0.1, 0.15) is 0 Å². The van der Waals surface area contributed by atoms with Crippen LogP contribution in [0.2, 0.25) is 0 Å². The molecule has 0 spiro atoms. The molecule has 2 rings (SSSR count). The number of hydrogen-bond acceptors (Lipinski definition) is 1. The van der Waals surface area contributed by atoms with Gasteiger partial charge in [0.05, 0.1) is 0 Å². The lowest BCUT2D eigenvalue weighted by Crippen LogP contribution is -2.49. The van der Waals surface area contributed by atoms with Gasteiger partial charge in [0.2, 0.25) is 0 Å². The molecule has 1 fully saturated rings. The molecule has 1 aliphatic rings. The molecule has 0 atom stereocenters. The van der Waals surface area contributed by atoms with Crippen LogP contribution in [0.1, 0.15) is 25.8 Å². The number of hydrogen-bond donors (Lipinski definition) is 0. The molecule has 0 unspecified atom stereocenters. The number of likely N-dealkylation sites (tertiary alicyclic amines) is 1. The minimum absolute atomic E-state index is 0.166. The largest absolute Gasteiger partial charge is 0.294 e. The number of rotatable bonds is 2. The molecule has 0 bridgehead atoms. The Bertz CT molecular complexity index is 272. The second-order valence-electron chi connectivity index (χ2n) is 4.18. The number of nitrogens with zero attached hydrogens (tertiary/aromatic N) is 1. The first-order valence-corrected chi connectivity index (χ1v) is 4.93. The van der Waals surface area contributed by atoms with Crippen LogP contribution in [-0.2, 0) is 5.54 Å². The topological polar surface area (TPSA) is 3.24 Å². The first kappa shape index (κ1) is 8.76. The summed E-state index contributed by atoms with van der Waals surface area (Å²) in [6, 6.07) is 11.6. The summed E-state index contributed by atoms with van der Waals surface area (Å²) in [5.41, 5.74) is 1.47. The van der Waals surface area contributed by atoms with Crippen LogP contribution in [0, 0.1) is 6.07 Å². The fraction of sp³-hybridized carbons (Fsp3) is 0.500. The molecule has 1 heteroatoms. The Balaban J connectivity index is 2.23. The lowest BCUT2D eigenvalue weighted by atomic mass is 9.89. The fourth-order valence-corrected chi connectivity index (χ4v) is 1.82. The van der Waals surface area contributed by atoms with Gasteiger partial charge in [-0.2, -0.15) is 0 Å². The van der Waals surface area contributed by atoms with Gasteiger partial charge in [-0.1, -0.05) is 24.3 Å². The molecule has 0 aliphatic carbocycles. The van der Waals surface area contributed by atoms with Crippen molar-refractivity contribution in [3.8, 4) is 0 Å². The van der Waals surface area contributed by atoms with Gasteiger partial charge in [-0.25, -0.2) is 0 Å². The third-order valence-electron chi connectivity index (χ3n) is 3.01. The highest BCUT2D eigenvalue weighted by Gasteiger charge is 2.32. The van der Waals surface area contributed by atoms with Gasteiger partial charge in [-0.15, -0.1) is 0 Å². The van der Waals surface area contributed by atoms with Gasteiger partial charge in [-0.05, 0) is 31.9 Å². The van der Waals surface area contributed by atoms with E-state index in [9.17, 15) is 0 Å². The van der Waals surface area contributed by atoms with Crippen molar-refractivity contribution in [2.45, 2.75) is 25.8 Å². The van der Waals surface area contributed by atoms with E-state index in [1.807, 2.05) is 12.1 Å². The van der Waals surface area contributed by atoms with Crippen molar-refractivity contribution in [2.75, 3.05) is 13.1 Å². The Labute approximate surface area is 80.4 Å². The zero-order valence-corrected chi connectivity index (χ0v) is 8.38. The van der Waals surface area contributed by atoms with Crippen LogP contribution in [0.15, 0.2) is 24.3 Å². The van der Waals surface area contributed by atoms with E-state index < -0.39 is 0 Å². The maximum absolute atomic E-state index is 3.32. The van der Waals surface area contributed by atoms with Gasteiger partial charge in [0, 0.05) is 18.6 Å². The fourth-order valence-electron chi connectivity index (χ4n) is 1.82. The van der Waals surface area contributed by atoms with Crippen LogP contribution in [-0.4, -0.2) is 18.0 Å². The molecule has 0 aromatic heterocycles. The van der Waals surface area contributed by atoms with Crippen molar-refractivity contribution in [1.29, 1.82) is 0 Å². The molecule has 0 N–H and O–H groups in total. The van der Waals surface area contributed by atoms with Crippen LogP contribution in [0.3, 0.4) is 0 Å². The predicted octanol–water partition coefficient (Wildman–Crippen LogP) is 2.43. The average molecular weight is 174 g/mol. The van der Waals surface area contributed by atoms with Crippen LogP contribution in [0.4, 0.5) is 0 Å². The van der Waals surface area contributed by atoms with Crippen molar-refractivity contribution in [1.82, 2.24) is 4.90 Å². The molecule has 1 nitrogen and oxygen atoms in total. The highest BCUT2D eigenvalue weighted by molar-refractivity contribution is 5.22. The van der Waals surface area contributed by atoms with Crippen molar-refractivity contribution in [3.05, 3.63) is 35.9 Å². The van der Waals surface area contributed by atoms with Crippen LogP contribution in [0.5, 0.6) is 0 Å². The normalized spacial score (nSPS) is 18.3. The van der Waals surface area contributed by atoms with E-state index in [2.05, 4.69) is 36.9 Å². The summed E-state index contributed by atoms with van der Waals surface area (Å²) in [6.07, 6.45) is 1.34. The zero-order valence-electron chi connectivity index (χ0n) is 8.38. The first-order valence-electron chi connectivity index (χ1n) is 4.93. The lowest BCUT2D eigenvalue weighted by molar-refractivity contribution is 0.0531. The number of benzene rings is 1. The second kappa shape index (κ2) is 3.15. The summed E-state index contributed by atoms with van der Waals surface area (Å²) in [4.78, 5) is 2.50. The maximum Gasteiger partial charge on any atom is 0.0410 e. The molecule has 1 radical (unpaired) electrons. The van der Waals surface area contributed by atoms with Crippen molar-refractivity contribution < 1.29 is 0 Å². The molecule has 1 aromatic rings. The van der Waals surface area contributed by atoms with E-state index in [0.717, 1.165) is 0 Å². The van der Waals surface area contributed by atoms with Crippen LogP contribution in [0.25, 0.3) is 0 Å². The molecular weight excluding hydrogens is 158 g/mol. The third-order valence-corrected chi connectivity index (χ3v) is 3.01. The Hall–Kier alpha value is -0.820. The third kappa shape index (κ3) is 1.49. The summed E-state index contributed by atoms with van der Waals surface area (Å²) in [5, 5.41) is 0. The quantitative estimate of drug-likeness (QED) is 0.665. The molecule has 1 aromatic carbocycles. The Kier molecular flexibility index (Phi) is 2.12. The maximum atomic E-state index is 3.32. The standard InChI is InChI=1S/C12H16N/c1-12(2,13-9-6-10-13)11-7-4-3-5-8-11/h3-5,7H,6,9-10H2,1-2H3. The SMILES string of the molecule is CC(C)(c1[c]cccc1)N1CCC1. The second-order valence-corrected chi connectivity index (χ2v) is 4.18. The lowest BCUT2D eigenvalue weighted by Gasteiger charge is -2.44. The molecular formula is C12H16N. The van der Waals surface area contributed by atoms with E-state index >= 15 is 0 Å².